The van der Waals surface area contributed by atoms with Crippen molar-refractivity contribution in [2.75, 3.05) is 5.32 Å². The highest BCUT2D eigenvalue weighted by Crippen LogP contribution is 2.13. The van der Waals surface area contributed by atoms with Gasteiger partial charge in [-0.3, -0.25) is 0 Å². The van der Waals surface area contributed by atoms with Crippen LogP contribution in [0.2, 0.25) is 0 Å². The predicted molar refractivity (Wildman–Crippen MR) is 66.9 cm³/mol. The Morgan fingerprint density at radius 3 is 3.00 bits per heavy atom. The minimum Gasteiger partial charge on any atom is -0.380 e. The van der Waals surface area contributed by atoms with Gasteiger partial charge in [-0.25, -0.2) is 9.07 Å². The van der Waals surface area contributed by atoms with Crippen LogP contribution < -0.4 is 5.32 Å². The van der Waals surface area contributed by atoms with E-state index in [0.717, 1.165) is 17.8 Å². The van der Waals surface area contributed by atoms with Crippen LogP contribution >= 0.6 is 0 Å². The Morgan fingerprint density at radius 2 is 2.29 bits per heavy atom. The molecule has 0 amide bonds. The lowest BCUT2D eigenvalue weighted by Gasteiger charge is -2.09. The van der Waals surface area contributed by atoms with Crippen LogP contribution in [0.5, 0.6) is 0 Å². The first-order chi connectivity index (χ1) is 8.19. The first-order valence-corrected chi connectivity index (χ1v) is 5.76. The molecular weight excluding hydrogens is 217 g/mol. The highest BCUT2D eigenvalue weighted by atomic mass is 19.1. The number of hydrogen-bond donors (Lipinski definition) is 1. The molecule has 1 unspecified atom stereocenters. The highest BCUT2D eigenvalue weighted by Gasteiger charge is 2.03. The lowest BCUT2D eigenvalue weighted by molar-refractivity contribution is 0.625. The molecule has 3 nitrogen and oxygen atoms in total. The number of nitrogens with zero attached hydrogens (tertiary/aromatic N) is 2. The molecule has 0 aliphatic rings. The molecule has 2 aromatic rings. The molecule has 90 valence electrons. The minimum atomic E-state index is -0.255. The summed E-state index contributed by atoms with van der Waals surface area (Å²) in [7, 11) is 0. The second kappa shape index (κ2) is 4.99. The van der Waals surface area contributed by atoms with Gasteiger partial charge in [0.25, 0.3) is 0 Å². The van der Waals surface area contributed by atoms with Gasteiger partial charge in [-0.2, -0.15) is 5.10 Å². The van der Waals surface area contributed by atoms with Crippen LogP contribution in [0.25, 0.3) is 5.69 Å². The molecule has 1 heterocycles. The van der Waals surface area contributed by atoms with E-state index in [4.69, 9.17) is 0 Å². The van der Waals surface area contributed by atoms with Gasteiger partial charge in [-0.15, -0.1) is 0 Å². The maximum atomic E-state index is 13.1. The number of rotatable bonds is 4. The molecule has 0 aliphatic carbocycles. The second-order valence-electron chi connectivity index (χ2n) is 4.11. The molecule has 1 aromatic heterocycles. The summed E-state index contributed by atoms with van der Waals surface area (Å²) >= 11 is 0. The first-order valence-electron chi connectivity index (χ1n) is 5.76. The van der Waals surface area contributed by atoms with Crippen molar-refractivity contribution in [3.63, 3.8) is 0 Å². The Balaban J connectivity index is 2.18. The molecule has 0 saturated heterocycles. The van der Waals surface area contributed by atoms with Gasteiger partial charge in [0.05, 0.1) is 23.8 Å². The van der Waals surface area contributed by atoms with Crippen LogP contribution in [0.3, 0.4) is 0 Å². The van der Waals surface area contributed by atoms with Gasteiger partial charge < -0.3 is 5.32 Å². The van der Waals surface area contributed by atoms with Gasteiger partial charge in [0, 0.05) is 6.04 Å². The summed E-state index contributed by atoms with van der Waals surface area (Å²) in [5.74, 6) is -0.255. The van der Waals surface area contributed by atoms with Crippen molar-refractivity contribution >= 4 is 5.69 Å². The van der Waals surface area contributed by atoms with E-state index in [2.05, 4.69) is 24.3 Å². The number of nitrogens with one attached hydrogen (secondary N) is 1. The minimum absolute atomic E-state index is 0.255. The van der Waals surface area contributed by atoms with Crippen molar-refractivity contribution in [1.82, 2.24) is 9.78 Å². The third-order valence-electron chi connectivity index (χ3n) is 2.68. The van der Waals surface area contributed by atoms with Gasteiger partial charge in [0.2, 0.25) is 0 Å². The number of hydrogen-bond acceptors (Lipinski definition) is 2. The van der Waals surface area contributed by atoms with Gasteiger partial charge in [-0.1, -0.05) is 13.0 Å². The van der Waals surface area contributed by atoms with Crippen LogP contribution in [0.1, 0.15) is 20.3 Å². The summed E-state index contributed by atoms with van der Waals surface area (Å²) in [5, 5.41) is 7.52. The Labute approximate surface area is 100 Å². The monoisotopic (exact) mass is 233 g/mol. The Hall–Kier alpha value is -1.84. The highest BCUT2D eigenvalue weighted by molar-refractivity contribution is 5.43. The average Bonchev–Trinajstić information content (AvgIpc) is 2.77. The van der Waals surface area contributed by atoms with Crippen LogP contribution in [-0.4, -0.2) is 15.8 Å². The summed E-state index contributed by atoms with van der Waals surface area (Å²) in [6.45, 7) is 4.23. The molecule has 0 bridgehead atoms. The van der Waals surface area contributed by atoms with E-state index in [9.17, 15) is 4.39 Å². The lowest BCUT2D eigenvalue weighted by atomic mass is 10.2. The Bertz CT molecular complexity index is 493. The molecule has 0 radical (unpaired) electrons. The number of anilines is 1. The largest absolute Gasteiger partial charge is 0.380 e. The fourth-order valence-corrected chi connectivity index (χ4v) is 1.54. The summed E-state index contributed by atoms with van der Waals surface area (Å²) in [6.07, 6.45) is 4.66. The maximum absolute atomic E-state index is 13.1. The van der Waals surface area contributed by atoms with Gasteiger partial charge in [0.15, 0.2) is 0 Å². The Morgan fingerprint density at radius 1 is 1.47 bits per heavy atom. The van der Waals surface area contributed by atoms with Crippen LogP contribution in [0.4, 0.5) is 10.1 Å². The van der Waals surface area contributed by atoms with E-state index < -0.39 is 0 Å². The fraction of sp³-hybridized carbons (Fsp3) is 0.308. The SMILES string of the molecule is CCC(C)Nc1cnn(-c2cccc(F)c2)c1. The van der Waals surface area contributed by atoms with Crippen LogP contribution in [0, 0.1) is 5.82 Å². The molecule has 1 N–H and O–H groups in total. The number of aromatic nitrogens is 2. The molecule has 0 spiro atoms. The van der Waals surface area contributed by atoms with E-state index >= 15 is 0 Å². The fourth-order valence-electron chi connectivity index (χ4n) is 1.54. The second-order valence-corrected chi connectivity index (χ2v) is 4.11. The van der Waals surface area contributed by atoms with E-state index in [0.29, 0.717) is 6.04 Å². The summed E-state index contributed by atoms with van der Waals surface area (Å²) < 4.78 is 14.7. The zero-order valence-corrected chi connectivity index (χ0v) is 10.0. The molecule has 17 heavy (non-hydrogen) atoms. The third kappa shape index (κ3) is 2.84. The third-order valence-corrected chi connectivity index (χ3v) is 2.68. The van der Waals surface area contributed by atoms with Crippen molar-refractivity contribution in [1.29, 1.82) is 0 Å². The van der Waals surface area contributed by atoms with Crippen LogP contribution in [0.15, 0.2) is 36.7 Å². The van der Waals surface area contributed by atoms with Gasteiger partial charge >= 0.3 is 0 Å². The molecule has 1 aromatic carbocycles. The summed E-state index contributed by atoms with van der Waals surface area (Å²) in [6, 6.07) is 6.78. The topological polar surface area (TPSA) is 29.9 Å². The predicted octanol–water partition coefficient (Wildman–Crippen LogP) is 3.22. The first kappa shape index (κ1) is 11.6. The zero-order chi connectivity index (χ0) is 12.3. The van der Waals surface area contributed by atoms with Crippen molar-refractivity contribution in [3.05, 3.63) is 42.5 Å². The zero-order valence-electron chi connectivity index (χ0n) is 10.0. The van der Waals surface area contributed by atoms with Crippen molar-refractivity contribution in [3.8, 4) is 5.69 Å². The van der Waals surface area contributed by atoms with Crippen molar-refractivity contribution in [2.45, 2.75) is 26.3 Å². The van der Waals surface area contributed by atoms with Crippen molar-refractivity contribution in [2.24, 2.45) is 0 Å². The lowest BCUT2D eigenvalue weighted by Crippen LogP contribution is -2.12. The Kier molecular flexibility index (Phi) is 3.42. The standard InChI is InChI=1S/C13H16FN3/c1-3-10(2)16-12-8-15-17(9-12)13-6-4-5-11(14)7-13/h4-10,16H,3H2,1-2H3. The smallest absolute Gasteiger partial charge is 0.125 e. The number of benzene rings is 1. The number of halogens is 1. The molecule has 0 saturated carbocycles. The quantitative estimate of drug-likeness (QED) is 0.878. The van der Waals surface area contributed by atoms with Crippen molar-refractivity contribution < 1.29 is 4.39 Å². The van der Waals surface area contributed by atoms with E-state index in [-0.39, 0.29) is 5.82 Å². The molecular formula is C13H16FN3. The van der Waals surface area contributed by atoms with Crippen LogP contribution in [-0.2, 0) is 0 Å². The van der Waals surface area contributed by atoms with Gasteiger partial charge in [-0.05, 0) is 31.5 Å². The molecule has 0 aliphatic heterocycles. The maximum Gasteiger partial charge on any atom is 0.125 e. The molecule has 1 atom stereocenters. The molecule has 0 fully saturated rings. The van der Waals surface area contributed by atoms with E-state index in [1.165, 1.54) is 12.1 Å². The van der Waals surface area contributed by atoms with E-state index in [1.54, 1.807) is 16.9 Å². The molecule has 2 rings (SSSR count). The summed E-state index contributed by atoms with van der Waals surface area (Å²) in [5.41, 5.74) is 1.67. The van der Waals surface area contributed by atoms with E-state index in [1.807, 2.05) is 12.3 Å². The molecule has 4 heteroatoms. The van der Waals surface area contributed by atoms with Gasteiger partial charge in [0.1, 0.15) is 5.82 Å². The normalized spacial score (nSPS) is 12.4. The average molecular weight is 233 g/mol. The summed E-state index contributed by atoms with van der Waals surface area (Å²) in [4.78, 5) is 0.